The molecule has 236 valence electrons. The van der Waals surface area contributed by atoms with Crippen LogP contribution in [0.5, 0.6) is 0 Å². The lowest BCUT2D eigenvalue weighted by Gasteiger charge is -2.36. The molecular weight excluding hydrogens is 605 g/mol. The Kier molecular flexibility index (Phi) is 6.25. The number of hydrogen-bond donors (Lipinski definition) is 0. The van der Waals surface area contributed by atoms with Gasteiger partial charge in [-0.15, -0.1) is 0 Å². The minimum Gasteiger partial charge on any atom is -0.309 e. The third kappa shape index (κ3) is 4.18. The van der Waals surface area contributed by atoms with Gasteiger partial charge in [-0.05, 0) is 69.1 Å². The van der Waals surface area contributed by atoms with Gasteiger partial charge in [0.25, 0.3) is 0 Å². The van der Waals surface area contributed by atoms with Crippen molar-refractivity contribution in [1.82, 2.24) is 4.98 Å². The van der Waals surface area contributed by atoms with Gasteiger partial charge in [0.2, 0.25) is 0 Å². The molecule has 0 atom stereocenters. The Morgan fingerprint density at radius 3 is 1.88 bits per heavy atom. The van der Waals surface area contributed by atoms with Gasteiger partial charge in [-0.3, -0.25) is 0 Å². The molecule has 10 rings (SSSR count). The minimum atomic E-state index is -0.0919. The lowest BCUT2D eigenvalue weighted by Crippen LogP contribution is -2.18. The van der Waals surface area contributed by atoms with E-state index in [0.717, 1.165) is 33.8 Å². The summed E-state index contributed by atoms with van der Waals surface area (Å²) in [6, 6.07) is 61.6. The summed E-state index contributed by atoms with van der Waals surface area (Å²) in [4.78, 5) is 7.86. The second-order valence-electron chi connectivity index (χ2n) is 13.9. The van der Waals surface area contributed by atoms with E-state index < -0.39 is 0 Å². The van der Waals surface area contributed by atoms with E-state index in [2.05, 4.69) is 189 Å². The van der Waals surface area contributed by atoms with E-state index in [4.69, 9.17) is 4.98 Å². The first-order chi connectivity index (χ1) is 24.6. The molecule has 0 saturated heterocycles. The Morgan fingerprint density at radius 2 is 1.10 bits per heavy atom. The van der Waals surface area contributed by atoms with Crippen molar-refractivity contribution in [2.75, 3.05) is 4.90 Å². The summed E-state index contributed by atoms with van der Waals surface area (Å²) in [5.41, 5.74) is 18.0. The Balaban J connectivity index is 1.27. The van der Waals surface area contributed by atoms with Crippen LogP contribution in [0.3, 0.4) is 0 Å². The molecule has 0 spiro atoms. The lowest BCUT2D eigenvalue weighted by molar-refractivity contribution is 0.660. The normalized spacial score (nSPS) is 13.5. The second kappa shape index (κ2) is 10.9. The molecule has 1 aliphatic carbocycles. The maximum absolute atomic E-state index is 5.35. The summed E-state index contributed by atoms with van der Waals surface area (Å²) in [5.74, 6) is 0. The van der Waals surface area contributed by atoms with Crippen LogP contribution in [0.15, 0.2) is 170 Å². The number of fused-ring (bicyclic) bond motifs is 6. The van der Waals surface area contributed by atoms with Gasteiger partial charge in [-0.25, -0.2) is 4.98 Å². The summed E-state index contributed by atoms with van der Waals surface area (Å²) >= 11 is 0. The molecule has 0 radical (unpaired) electrons. The van der Waals surface area contributed by atoms with Crippen molar-refractivity contribution in [2.24, 2.45) is 0 Å². The molecule has 1 aliphatic heterocycles. The molecule has 7 aromatic carbocycles. The standard InChI is InChI=1S/C48H34N2/c1-48(2)40-23-13-12-21-39(40)46-41(48)28-27-38-37-26-25-35(36-22-14-24-44(45(36)37)50(47(38)46)34-19-10-5-11-20-34)43-30-33(31-15-6-3-7-16-31)29-42(49-43)32-17-8-4-9-18-32/h3-30H,1-2H3. The monoisotopic (exact) mass is 638 g/mol. The SMILES string of the molecule is CC1(C)c2ccccc2-c2c1ccc1c2N(c2ccccc2)c2cccc3c(-c4cc(-c5ccccc5)cc(-c5ccccc5)n4)ccc-1c23. The van der Waals surface area contributed by atoms with Gasteiger partial charge < -0.3 is 4.90 Å². The van der Waals surface area contributed by atoms with Crippen molar-refractivity contribution in [3.8, 4) is 55.9 Å². The molecular formula is C48H34N2. The van der Waals surface area contributed by atoms with Crippen LogP contribution in [0.4, 0.5) is 17.1 Å². The average Bonchev–Trinajstić information content (AvgIpc) is 3.42. The molecule has 8 aromatic rings. The fourth-order valence-electron chi connectivity index (χ4n) is 8.44. The number of pyridine rings is 1. The molecule has 1 aromatic heterocycles. The van der Waals surface area contributed by atoms with E-state index in [0.29, 0.717) is 0 Å². The molecule has 0 unspecified atom stereocenters. The molecule has 0 saturated carbocycles. The maximum atomic E-state index is 5.35. The zero-order valence-corrected chi connectivity index (χ0v) is 28.1. The summed E-state index contributed by atoms with van der Waals surface area (Å²) in [6.07, 6.45) is 0. The molecule has 2 heterocycles. The first kappa shape index (κ1) is 28.7. The van der Waals surface area contributed by atoms with Crippen molar-refractivity contribution in [1.29, 1.82) is 0 Å². The maximum Gasteiger partial charge on any atom is 0.0721 e. The van der Waals surface area contributed by atoms with E-state index >= 15 is 0 Å². The van der Waals surface area contributed by atoms with Crippen LogP contribution in [-0.2, 0) is 5.41 Å². The van der Waals surface area contributed by atoms with Gasteiger partial charge in [-0.1, -0.05) is 153 Å². The Labute approximate surface area is 293 Å². The van der Waals surface area contributed by atoms with Crippen molar-refractivity contribution in [3.05, 3.63) is 181 Å². The molecule has 2 aliphatic rings. The first-order valence-electron chi connectivity index (χ1n) is 17.4. The van der Waals surface area contributed by atoms with Crippen molar-refractivity contribution >= 4 is 27.8 Å². The van der Waals surface area contributed by atoms with Crippen molar-refractivity contribution in [3.63, 3.8) is 0 Å². The quantitative estimate of drug-likeness (QED) is 0.191. The zero-order valence-electron chi connectivity index (χ0n) is 28.1. The number of aromatic nitrogens is 1. The van der Waals surface area contributed by atoms with Crippen molar-refractivity contribution < 1.29 is 0 Å². The van der Waals surface area contributed by atoms with Crippen LogP contribution in [-0.4, -0.2) is 4.98 Å². The van der Waals surface area contributed by atoms with Gasteiger partial charge >= 0.3 is 0 Å². The molecule has 50 heavy (non-hydrogen) atoms. The highest BCUT2D eigenvalue weighted by molar-refractivity contribution is 6.19. The number of benzene rings is 7. The topological polar surface area (TPSA) is 16.1 Å². The fourth-order valence-corrected chi connectivity index (χ4v) is 8.44. The number of nitrogens with zero attached hydrogens (tertiary/aromatic N) is 2. The lowest BCUT2D eigenvalue weighted by atomic mass is 9.80. The highest BCUT2D eigenvalue weighted by Gasteiger charge is 2.40. The summed E-state index contributed by atoms with van der Waals surface area (Å²) in [7, 11) is 0. The predicted molar refractivity (Wildman–Crippen MR) is 209 cm³/mol. The van der Waals surface area contributed by atoms with Gasteiger partial charge in [0.15, 0.2) is 0 Å². The van der Waals surface area contributed by atoms with E-state index in [1.54, 1.807) is 0 Å². The van der Waals surface area contributed by atoms with Crippen LogP contribution >= 0.6 is 0 Å². The van der Waals surface area contributed by atoms with E-state index in [-0.39, 0.29) is 5.41 Å². The molecule has 0 N–H and O–H groups in total. The highest BCUT2D eigenvalue weighted by Crippen LogP contribution is 2.60. The largest absolute Gasteiger partial charge is 0.309 e. The second-order valence-corrected chi connectivity index (χ2v) is 13.9. The molecule has 0 amide bonds. The third-order valence-corrected chi connectivity index (χ3v) is 10.8. The Hall–Kier alpha value is -6.25. The smallest absolute Gasteiger partial charge is 0.0721 e. The molecule has 2 nitrogen and oxygen atoms in total. The molecule has 0 fully saturated rings. The number of para-hydroxylation sites is 1. The van der Waals surface area contributed by atoms with Crippen LogP contribution in [0.25, 0.3) is 66.7 Å². The van der Waals surface area contributed by atoms with E-state index in [1.165, 1.54) is 61.1 Å². The van der Waals surface area contributed by atoms with Crippen LogP contribution in [0.2, 0.25) is 0 Å². The van der Waals surface area contributed by atoms with Gasteiger partial charge in [0.05, 0.1) is 22.8 Å². The van der Waals surface area contributed by atoms with Crippen LogP contribution < -0.4 is 4.90 Å². The van der Waals surface area contributed by atoms with Crippen LogP contribution in [0, 0.1) is 0 Å². The van der Waals surface area contributed by atoms with E-state index in [1.807, 2.05) is 0 Å². The minimum absolute atomic E-state index is 0.0919. The predicted octanol–water partition coefficient (Wildman–Crippen LogP) is 13.0. The van der Waals surface area contributed by atoms with E-state index in [9.17, 15) is 0 Å². The third-order valence-electron chi connectivity index (χ3n) is 10.8. The Morgan fingerprint density at radius 1 is 0.460 bits per heavy atom. The summed E-state index contributed by atoms with van der Waals surface area (Å²) < 4.78 is 0. The average molecular weight is 639 g/mol. The Bertz CT molecular complexity index is 2550. The fraction of sp³-hybridized carbons (Fsp3) is 0.0625. The molecule has 0 bridgehead atoms. The molecule has 2 heteroatoms. The van der Waals surface area contributed by atoms with Gasteiger partial charge in [0, 0.05) is 38.7 Å². The zero-order chi connectivity index (χ0) is 33.4. The number of anilines is 3. The number of rotatable bonds is 4. The number of hydrogen-bond acceptors (Lipinski definition) is 2. The summed E-state index contributed by atoms with van der Waals surface area (Å²) in [6.45, 7) is 4.72. The van der Waals surface area contributed by atoms with Crippen molar-refractivity contribution in [2.45, 2.75) is 19.3 Å². The highest BCUT2D eigenvalue weighted by atomic mass is 15.2. The van der Waals surface area contributed by atoms with Gasteiger partial charge in [-0.2, -0.15) is 0 Å². The van der Waals surface area contributed by atoms with Crippen LogP contribution in [0.1, 0.15) is 25.0 Å². The summed E-state index contributed by atoms with van der Waals surface area (Å²) in [5, 5.41) is 2.45. The van der Waals surface area contributed by atoms with Gasteiger partial charge in [0.1, 0.15) is 0 Å². The first-order valence-corrected chi connectivity index (χ1v) is 17.4.